The van der Waals surface area contributed by atoms with Gasteiger partial charge in [-0.05, 0) is 46.0 Å². The van der Waals surface area contributed by atoms with Gasteiger partial charge >= 0.3 is 6.18 Å². The lowest BCUT2D eigenvalue weighted by Gasteiger charge is -2.45. The van der Waals surface area contributed by atoms with Gasteiger partial charge in [-0.2, -0.15) is 13.2 Å². The van der Waals surface area contributed by atoms with Gasteiger partial charge < -0.3 is 29.7 Å². The van der Waals surface area contributed by atoms with E-state index in [0.29, 0.717) is 45.6 Å². The van der Waals surface area contributed by atoms with Crippen LogP contribution in [0.15, 0.2) is 12.4 Å². The number of hydrogen-bond donors (Lipinski definition) is 2. The van der Waals surface area contributed by atoms with Crippen LogP contribution in [0, 0.1) is 5.41 Å². The highest BCUT2D eigenvalue weighted by molar-refractivity contribution is 5.85. The van der Waals surface area contributed by atoms with Gasteiger partial charge in [0.2, 0.25) is 5.91 Å². The first-order valence-corrected chi connectivity index (χ1v) is 13.0. The number of halogens is 3. The van der Waals surface area contributed by atoms with Crippen molar-refractivity contribution in [1.82, 2.24) is 20.2 Å². The van der Waals surface area contributed by atoms with E-state index in [1.807, 2.05) is 9.80 Å². The number of fused-ring (bicyclic) bond motifs is 2. The Morgan fingerprint density at radius 2 is 2.03 bits per heavy atom. The van der Waals surface area contributed by atoms with E-state index in [9.17, 15) is 23.1 Å². The van der Waals surface area contributed by atoms with Crippen molar-refractivity contribution in [2.75, 3.05) is 38.3 Å². The summed E-state index contributed by atoms with van der Waals surface area (Å²) in [4.78, 5) is 25.3. The summed E-state index contributed by atoms with van der Waals surface area (Å²) in [6, 6.07) is -0.0896. The van der Waals surface area contributed by atoms with Gasteiger partial charge in [0.05, 0.1) is 48.2 Å². The molecule has 2 bridgehead atoms. The number of methoxy groups -OCH3 is 1. The predicted molar refractivity (Wildman–Crippen MR) is 128 cm³/mol. The number of carbonyl (C=O) groups excluding carboxylic acids is 1. The Kier molecular flexibility index (Phi) is 6.91. The molecule has 4 fully saturated rings. The minimum absolute atomic E-state index is 0.0548. The third kappa shape index (κ3) is 4.81. The molecule has 4 aliphatic rings. The number of nitrogens with zero attached hydrogens (tertiary/aromatic N) is 4. The van der Waals surface area contributed by atoms with Gasteiger partial charge in [-0.3, -0.25) is 9.78 Å². The number of aliphatic hydroxyl groups is 1. The molecule has 5 rings (SSSR count). The first-order chi connectivity index (χ1) is 17.4. The van der Waals surface area contributed by atoms with Crippen molar-refractivity contribution in [1.29, 1.82) is 0 Å². The van der Waals surface area contributed by atoms with Crippen molar-refractivity contribution >= 4 is 11.7 Å². The third-order valence-electron chi connectivity index (χ3n) is 8.86. The molecule has 0 spiro atoms. The predicted octanol–water partition coefficient (Wildman–Crippen LogP) is 1.99. The number of anilines is 1. The largest absolute Gasteiger partial charge is 0.434 e. The molecular weight excluding hydrogens is 491 g/mol. The number of nitrogens with one attached hydrogen (secondary N) is 1. The van der Waals surface area contributed by atoms with E-state index < -0.39 is 22.9 Å². The van der Waals surface area contributed by atoms with Gasteiger partial charge in [-0.15, -0.1) is 0 Å². The first kappa shape index (κ1) is 26.6. The summed E-state index contributed by atoms with van der Waals surface area (Å²) in [6.45, 7) is 5.39. The number of piperazine rings is 1. The quantitative estimate of drug-likeness (QED) is 0.580. The topological polar surface area (TPSA) is 100 Å². The van der Waals surface area contributed by atoms with Crippen LogP contribution in [0.25, 0.3) is 0 Å². The second-order valence-corrected chi connectivity index (χ2v) is 11.4. The van der Waals surface area contributed by atoms with Crippen LogP contribution in [-0.4, -0.2) is 95.2 Å². The number of hydrogen-bond acceptors (Lipinski definition) is 8. The summed E-state index contributed by atoms with van der Waals surface area (Å²) >= 11 is 0. The Morgan fingerprint density at radius 1 is 1.24 bits per heavy atom. The lowest BCUT2D eigenvalue weighted by molar-refractivity contribution is -0.159. The van der Waals surface area contributed by atoms with Gasteiger partial charge in [0.25, 0.3) is 0 Å². The van der Waals surface area contributed by atoms with Gasteiger partial charge in [0.1, 0.15) is 5.82 Å². The fourth-order valence-electron chi connectivity index (χ4n) is 6.74. The lowest BCUT2D eigenvalue weighted by atomic mass is 9.70. The molecule has 4 heterocycles. The molecule has 0 unspecified atom stereocenters. The van der Waals surface area contributed by atoms with Gasteiger partial charge in [0, 0.05) is 38.9 Å². The maximum absolute atomic E-state index is 14.1. The summed E-state index contributed by atoms with van der Waals surface area (Å²) in [5, 5.41) is 14.9. The van der Waals surface area contributed by atoms with Gasteiger partial charge in [0.15, 0.2) is 5.69 Å². The minimum atomic E-state index is -4.57. The molecule has 37 heavy (non-hydrogen) atoms. The Morgan fingerprint density at radius 3 is 2.68 bits per heavy atom. The summed E-state index contributed by atoms with van der Waals surface area (Å²) in [5.74, 6) is 0.114. The Bertz CT molecular complexity index is 1010. The Balaban J connectivity index is 1.29. The molecule has 1 aromatic heterocycles. The van der Waals surface area contributed by atoms with Crippen molar-refractivity contribution < 1.29 is 32.5 Å². The number of likely N-dealkylation sites (tertiary alicyclic amines) is 1. The van der Waals surface area contributed by atoms with E-state index in [1.54, 1.807) is 21.0 Å². The van der Waals surface area contributed by atoms with Crippen molar-refractivity contribution in [3.05, 3.63) is 18.1 Å². The summed E-state index contributed by atoms with van der Waals surface area (Å²) < 4.78 is 50.5. The number of ether oxygens (including phenoxy) is 2. The van der Waals surface area contributed by atoms with Crippen LogP contribution in [-0.2, 0) is 20.4 Å². The van der Waals surface area contributed by atoms with E-state index in [4.69, 9.17) is 9.47 Å². The van der Waals surface area contributed by atoms with Crippen molar-refractivity contribution in [3.63, 3.8) is 0 Å². The zero-order valence-corrected chi connectivity index (χ0v) is 21.5. The SMILES string of the molecule is CO[C@@H]1COCC[C@@H]1N[C@@H]1CC[C@@](C(=O)N2C[C@@H]3C[C@H]2CN3c2cncc(C(F)(F)F)n2)(C(C)(C)O)C1. The van der Waals surface area contributed by atoms with Crippen LogP contribution in [0.5, 0.6) is 0 Å². The van der Waals surface area contributed by atoms with Crippen LogP contribution in [0.3, 0.4) is 0 Å². The van der Waals surface area contributed by atoms with E-state index in [-0.39, 0.29) is 42.0 Å². The molecule has 206 valence electrons. The second-order valence-electron chi connectivity index (χ2n) is 11.4. The summed E-state index contributed by atoms with van der Waals surface area (Å²) in [6.07, 6.45) is 0.762. The van der Waals surface area contributed by atoms with E-state index in [2.05, 4.69) is 15.3 Å². The second kappa shape index (κ2) is 9.62. The normalized spacial score (nSPS) is 34.4. The molecule has 0 radical (unpaired) electrons. The highest BCUT2D eigenvalue weighted by Gasteiger charge is 2.59. The summed E-state index contributed by atoms with van der Waals surface area (Å²) in [5.41, 5.74) is -3.19. The van der Waals surface area contributed by atoms with Crippen molar-refractivity contribution in [2.45, 2.75) is 88.0 Å². The molecule has 3 saturated heterocycles. The van der Waals surface area contributed by atoms with Crippen LogP contribution in [0.1, 0.15) is 51.6 Å². The molecule has 2 N–H and O–H groups in total. The number of carbonyl (C=O) groups is 1. The smallest absolute Gasteiger partial charge is 0.389 e. The van der Waals surface area contributed by atoms with Crippen molar-refractivity contribution in [3.8, 4) is 0 Å². The maximum Gasteiger partial charge on any atom is 0.434 e. The van der Waals surface area contributed by atoms with Gasteiger partial charge in [-0.25, -0.2) is 4.98 Å². The number of aromatic nitrogens is 2. The van der Waals surface area contributed by atoms with Crippen LogP contribution in [0.2, 0.25) is 0 Å². The average molecular weight is 528 g/mol. The lowest BCUT2D eigenvalue weighted by Crippen LogP contribution is -2.59. The molecule has 1 aromatic rings. The molecule has 12 heteroatoms. The standard InChI is InChI=1S/C25H36F3N5O4/c1-23(2,35)24(6-4-15(9-24)30-18-5-7-37-14-19(18)36-3)22(34)33-13-16-8-17(33)12-32(16)21-11-29-10-20(31-21)25(26,27)28/h10-11,15-19,30,35H,4-9,12-14H2,1-3H3/t15-,16+,17+,18+,19-,24-/m1/s1. The fraction of sp³-hybridized carbons (Fsp3) is 0.800. The molecule has 0 aromatic carbocycles. The molecule has 6 atom stereocenters. The average Bonchev–Trinajstić information content (AvgIpc) is 3.58. The fourth-order valence-corrected chi connectivity index (χ4v) is 6.74. The van der Waals surface area contributed by atoms with Crippen LogP contribution in [0.4, 0.5) is 19.0 Å². The molecule has 1 saturated carbocycles. The molecule has 9 nitrogen and oxygen atoms in total. The monoisotopic (exact) mass is 527 g/mol. The maximum atomic E-state index is 14.1. The zero-order chi connectivity index (χ0) is 26.6. The third-order valence-corrected chi connectivity index (χ3v) is 8.86. The highest BCUT2D eigenvalue weighted by atomic mass is 19.4. The summed E-state index contributed by atoms with van der Waals surface area (Å²) in [7, 11) is 1.67. The molecule has 1 aliphatic carbocycles. The minimum Gasteiger partial charge on any atom is -0.389 e. The number of alkyl halides is 3. The first-order valence-electron chi connectivity index (χ1n) is 13.0. The van der Waals surface area contributed by atoms with Gasteiger partial charge in [-0.1, -0.05) is 0 Å². The van der Waals surface area contributed by atoms with Crippen LogP contribution < -0.4 is 10.2 Å². The molecule has 3 aliphatic heterocycles. The highest BCUT2D eigenvalue weighted by Crippen LogP contribution is 2.50. The zero-order valence-electron chi connectivity index (χ0n) is 21.5. The number of amides is 1. The number of rotatable bonds is 6. The molecule has 1 amide bonds. The Hall–Kier alpha value is -2.02. The molecular formula is C25H36F3N5O4. The van der Waals surface area contributed by atoms with Crippen molar-refractivity contribution in [2.24, 2.45) is 5.41 Å². The van der Waals surface area contributed by atoms with E-state index >= 15 is 0 Å². The van der Waals surface area contributed by atoms with E-state index in [0.717, 1.165) is 19.0 Å². The van der Waals surface area contributed by atoms with E-state index in [1.165, 1.54) is 6.20 Å². The Labute approximate surface area is 214 Å². The van der Waals surface area contributed by atoms with Crippen LogP contribution >= 0.6 is 0 Å².